The molecule has 0 unspecified atom stereocenters. The fourth-order valence-corrected chi connectivity index (χ4v) is 1.90. The van der Waals surface area contributed by atoms with Crippen LogP contribution in [0.15, 0.2) is 30.3 Å². The number of hydrogen-bond acceptors (Lipinski definition) is 2. The van der Waals surface area contributed by atoms with Crippen molar-refractivity contribution in [2.24, 2.45) is 0 Å². The zero-order valence-electron chi connectivity index (χ0n) is 9.45. The number of aromatic nitrogens is 2. The van der Waals surface area contributed by atoms with Crippen LogP contribution in [0.2, 0.25) is 5.02 Å². The lowest BCUT2D eigenvalue weighted by atomic mass is 10.1. The molecule has 0 N–H and O–H groups in total. The molecule has 0 saturated heterocycles. The van der Waals surface area contributed by atoms with Gasteiger partial charge in [0.1, 0.15) is 5.82 Å². The van der Waals surface area contributed by atoms with Crippen LogP contribution in [0.1, 0.15) is 22.8 Å². The third-order valence-electron chi connectivity index (χ3n) is 2.37. The van der Waals surface area contributed by atoms with Crippen LogP contribution < -0.4 is 0 Å². The van der Waals surface area contributed by atoms with Gasteiger partial charge >= 0.3 is 0 Å². The van der Waals surface area contributed by atoms with Gasteiger partial charge in [-0.1, -0.05) is 23.7 Å². The predicted octanol–water partition coefficient (Wildman–Crippen LogP) is 3.77. The maximum absolute atomic E-state index is 5.84. The van der Waals surface area contributed by atoms with E-state index >= 15 is 0 Å². The van der Waals surface area contributed by atoms with Gasteiger partial charge in [-0.2, -0.15) is 0 Å². The van der Waals surface area contributed by atoms with Crippen molar-refractivity contribution < 1.29 is 0 Å². The van der Waals surface area contributed by atoms with Gasteiger partial charge in [-0.25, -0.2) is 9.97 Å². The lowest BCUT2D eigenvalue weighted by molar-refractivity contribution is 0.912. The molecule has 2 nitrogen and oxygen atoms in total. The van der Waals surface area contributed by atoms with E-state index in [0.717, 1.165) is 27.8 Å². The first-order valence-electron chi connectivity index (χ1n) is 5.31. The highest BCUT2D eigenvalue weighted by Crippen LogP contribution is 2.13. The van der Waals surface area contributed by atoms with Gasteiger partial charge in [0.25, 0.3) is 0 Å². The van der Waals surface area contributed by atoms with Crippen LogP contribution in [-0.2, 0) is 12.3 Å². The summed E-state index contributed by atoms with van der Waals surface area (Å²) in [5.41, 5.74) is 2.95. The van der Waals surface area contributed by atoms with Gasteiger partial charge in [-0.15, -0.1) is 11.6 Å². The summed E-state index contributed by atoms with van der Waals surface area (Å²) in [6, 6.07) is 9.60. The molecular formula is C13H12Cl2N2. The Balaban J connectivity index is 2.23. The molecule has 2 rings (SSSR count). The summed E-state index contributed by atoms with van der Waals surface area (Å²) < 4.78 is 0. The highest BCUT2D eigenvalue weighted by molar-refractivity contribution is 6.30. The van der Waals surface area contributed by atoms with E-state index in [4.69, 9.17) is 23.2 Å². The Morgan fingerprint density at radius 3 is 2.47 bits per heavy atom. The summed E-state index contributed by atoms with van der Waals surface area (Å²) in [5, 5.41) is 0.736. The van der Waals surface area contributed by atoms with Crippen LogP contribution in [-0.4, -0.2) is 9.97 Å². The number of aryl methyl sites for hydroxylation is 1. The maximum atomic E-state index is 5.84. The average molecular weight is 267 g/mol. The molecule has 0 bridgehead atoms. The first-order chi connectivity index (χ1) is 8.17. The number of rotatable bonds is 3. The molecule has 1 heterocycles. The first-order valence-corrected chi connectivity index (χ1v) is 6.22. The standard InChI is InChI=1S/C13H12Cl2N2/c1-9-6-12(8-14)17-13(16-9)7-10-2-4-11(15)5-3-10/h2-6H,7-8H2,1H3. The third kappa shape index (κ3) is 3.42. The summed E-state index contributed by atoms with van der Waals surface area (Å²) in [5.74, 6) is 1.21. The Hall–Kier alpha value is -1.12. The number of benzene rings is 1. The molecule has 0 aliphatic carbocycles. The van der Waals surface area contributed by atoms with Crippen molar-refractivity contribution in [2.45, 2.75) is 19.2 Å². The minimum absolute atomic E-state index is 0.414. The second-order valence-electron chi connectivity index (χ2n) is 3.85. The van der Waals surface area contributed by atoms with E-state index in [1.807, 2.05) is 37.3 Å². The first kappa shape index (κ1) is 12.3. The van der Waals surface area contributed by atoms with Crippen LogP contribution in [0.25, 0.3) is 0 Å². The van der Waals surface area contributed by atoms with E-state index in [1.165, 1.54) is 0 Å². The summed E-state index contributed by atoms with van der Waals surface area (Å²) >= 11 is 11.6. The Labute approximate surface area is 111 Å². The number of nitrogens with zero attached hydrogens (tertiary/aromatic N) is 2. The van der Waals surface area contributed by atoms with E-state index in [2.05, 4.69) is 9.97 Å². The van der Waals surface area contributed by atoms with Crippen LogP contribution >= 0.6 is 23.2 Å². The molecule has 0 amide bonds. The molecule has 0 aliphatic heterocycles. The van der Waals surface area contributed by atoms with Crippen LogP contribution in [0, 0.1) is 6.92 Å². The average Bonchev–Trinajstić information content (AvgIpc) is 2.31. The van der Waals surface area contributed by atoms with Gasteiger partial charge in [-0.05, 0) is 30.7 Å². The van der Waals surface area contributed by atoms with E-state index in [1.54, 1.807) is 0 Å². The smallest absolute Gasteiger partial charge is 0.133 e. The van der Waals surface area contributed by atoms with E-state index in [9.17, 15) is 0 Å². The van der Waals surface area contributed by atoms with Gasteiger partial charge in [0.2, 0.25) is 0 Å². The quantitative estimate of drug-likeness (QED) is 0.791. The molecule has 0 spiro atoms. The molecule has 88 valence electrons. The minimum Gasteiger partial charge on any atom is -0.238 e. The summed E-state index contributed by atoms with van der Waals surface area (Å²) in [7, 11) is 0. The molecule has 0 fully saturated rings. The van der Waals surface area contributed by atoms with Crippen LogP contribution in [0.3, 0.4) is 0 Å². The van der Waals surface area contributed by atoms with Gasteiger partial charge in [0.05, 0.1) is 11.6 Å². The second kappa shape index (κ2) is 5.48. The monoisotopic (exact) mass is 266 g/mol. The fraction of sp³-hybridized carbons (Fsp3) is 0.231. The largest absolute Gasteiger partial charge is 0.238 e. The summed E-state index contributed by atoms with van der Waals surface area (Å²) in [6.45, 7) is 1.95. The zero-order valence-corrected chi connectivity index (χ0v) is 11.0. The molecular weight excluding hydrogens is 255 g/mol. The lowest BCUT2D eigenvalue weighted by Crippen LogP contribution is -2.01. The summed E-state index contributed by atoms with van der Waals surface area (Å²) in [6.07, 6.45) is 0.697. The number of hydrogen-bond donors (Lipinski definition) is 0. The molecule has 1 aromatic heterocycles. The van der Waals surface area contributed by atoms with Gasteiger partial charge in [-0.3, -0.25) is 0 Å². The van der Waals surface area contributed by atoms with E-state index in [0.29, 0.717) is 12.3 Å². The van der Waals surface area contributed by atoms with Crippen LogP contribution in [0.5, 0.6) is 0 Å². The third-order valence-corrected chi connectivity index (χ3v) is 2.89. The molecule has 4 heteroatoms. The lowest BCUT2D eigenvalue weighted by Gasteiger charge is -2.04. The fourth-order valence-electron chi connectivity index (χ4n) is 1.63. The molecule has 0 atom stereocenters. The Morgan fingerprint density at radius 2 is 1.82 bits per heavy atom. The van der Waals surface area contributed by atoms with Gasteiger partial charge < -0.3 is 0 Å². The van der Waals surface area contributed by atoms with Crippen molar-refractivity contribution in [1.82, 2.24) is 9.97 Å². The highest BCUT2D eigenvalue weighted by Gasteiger charge is 2.03. The summed E-state index contributed by atoms with van der Waals surface area (Å²) in [4.78, 5) is 8.79. The minimum atomic E-state index is 0.414. The molecule has 0 aliphatic rings. The molecule has 0 radical (unpaired) electrons. The molecule has 1 aromatic carbocycles. The molecule has 17 heavy (non-hydrogen) atoms. The number of alkyl halides is 1. The van der Waals surface area contributed by atoms with Crippen molar-refractivity contribution in [3.05, 3.63) is 58.1 Å². The van der Waals surface area contributed by atoms with Gasteiger partial charge in [0, 0.05) is 17.1 Å². The zero-order chi connectivity index (χ0) is 12.3. The number of halogens is 2. The maximum Gasteiger partial charge on any atom is 0.133 e. The highest BCUT2D eigenvalue weighted by atomic mass is 35.5. The van der Waals surface area contributed by atoms with Crippen LogP contribution in [0.4, 0.5) is 0 Å². The SMILES string of the molecule is Cc1cc(CCl)nc(Cc2ccc(Cl)cc2)n1. The van der Waals surface area contributed by atoms with Crippen molar-refractivity contribution in [1.29, 1.82) is 0 Å². The topological polar surface area (TPSA) is 25.8 Å². The second-order valence-corrected chi connectivity index (χ2v) is 4.56. The Kier molecular flexibility index (Phi) is 3.97. The van der Waals surface area contributed by atoms with Crippen molar-refractivity contribution in [3.63, 3.8) is 0 Å². The predicted molar refractivity (Wildman–Crippen MR) is 70.6 cm³/mol. The van der Waals surface area contributed by atoms with Crippen molar-refractivity contribution in [3.8, 4) is 0 Å². The normalized spacial score (nSPS) is 10.5. The molecule has 0 saturated carbocycles. The van der Waals surface area contributed by atoms with Crippen molar-refractivity contribution in [2.75, 3.05) is 0 Å². The van der Waals surface area contributed by atoms with E-state index in [-0.39, 0.29) is 0 Å². The molecule has 2 aromatic rings. The Morgan fingerprint density at radius 1 is 1.12 bits per heavy atom. The van der Waals surface area contributed by atoms with Gasteiger partial charge in [0.15, 0.2) is 0 Å². The Bertz CT molecular complexity index is 509. The van der Waals surface area contributed by atoms with E-state index < -0.39 is 0 Å². The van der Waals surface area contributed by atoms with Crippen molar-refractivity contribution >= 4 is 23.2 Å².